The zero-order valence-corrected chi connectivity index (χ0v) is 12.7. The Hall–Kier alpha value is -1.07. The molecule has 2 N–H and O–H groups in total. The molecule has 2 unspecified atom stereocenters. The van der Waals surface area contributed by atoms with Crippen LogP contribution in [0, 0.1) is 13.8 Å². The third kappa shape index (κ3) is 3.48. The van der Waals surface area contributed by atoms with Crippen LogP contribution in [0.25, 0.3) is 0 Å². The Morgan fingerprint density at radius 2 is 2.05 bits per heavy atom. The third-order valence-corrected chi connectivity index (χ3v) is 4.60. The summed E-state index contributed by atoms with van der Waals surface area (Å²) in [6.07, 6.45) is 0.726. The molecule has 4 nitrogen and oxygen atoms in total. The van der Waals surface area contributed by atoms with Gasteiger partial charge in [-0.2, -0.15) is 0 Å². The molecule has 2 atom stereocenters. The van der Waals surface area contributed by atoms with Crippen molar-refractivity contribution < 1.29 is 14.6 Å². The summed E-state index contributed by atoms with van der Waals surface area (Å²) < 4.78 is 6.58. The Bertz CT molecular complexity index is 467. The minimum absolute atomic E-state index is 0.0228. The van der Waals surface area contributed by atoms with E-state index in [4.69, 9.17) is 9.84 Å². The molecule has 5 heteroatoms. The molecule has 0 amide bonds. The Labute approximate surface area is 121 Å². The van der Waals surface area contributed by atoms with E-state index in [1.165, 1.54) is 11.1 Å². The third-order valence-electron chi connectivity index (χ3n) is 3.35. The number of aliphatic carboxylic acids is 1. The first-order valence-electron chi connectivity index (χ1n) is 6.36. The Kier molecular flexibility index (Phi) is 4.47. The van der Waals surface area contributed by atoms with Crippen molar-refractivity contribution in [2.45, 2.75) is 38.9 Å². The van der Waals surface area contributed by atoms with E-state index in [0.717, 1.165) is 16.6 Å². The van der Waals surface area contributed by atoms with Crippen LogP contribution >= 0.6 is 15.9 Å². The van der Waals surface area contributed by atoms with E-state index < -0.39 is 12.1 Å². The summed E-state index contributed by atoms with van der Waals surface area (Å²) in [6.45, 7) is 4.74. The van der Waals surface area contributed by atoms with E-state index in [1.807, 2.05) is 0 Å². The predicted molar refractivity (Wildman–Crippen MR) is 77.6 cm³/mol. The maximum atomic E-state index is 10.8. The highest BCUT2D eigenvalue weighted by atomic mass is 79.9. The van der Waals surface area contributed by atoms with Crippen LogP contribution < -0.4 is 5.32 Å². The van der Waals surface area contributed by atoms with E-state index in [2.05, 4.69) is 47.2 Å². The lowest BCUT2D eigenvalue weighted by Gasteiger charge is -2.15. The first-order valence-corrected chi connectivity index (χ1v) is 7.15. The smallest absolute Gasteiger partial charge is 0.332 e. The molecule has 0 aromatic heterocycles. The zero-order chi connectivity index (χ0) is 14.0. The highest BCUT2D eigenvalue weighted by Crippen LogP contribution is 2.26. The molecule has 1 aromatic rings. The van der Waals surface area contributed by atoms with Crippen molar-refractivity contribution >= 4 is 27.6 Å². The quantitative estimate of drug-likeness (QED) is 0.892. The fourth-order valence-electron chi connectivity index (χ4n) is 2.32. The van der Waals surface area contributed by atoms with Crippen LogP contribution in [0.1, 0.15) is 24.0 Å². The predicted octanol–water partition coefficient (Wildman–Crippen LogP) is 3.11. The molecule has 1 aromatic carbocycles. The topological polar surface area (TPSA) is 58.6 Å². The fourth-order valence-corrected chi connectivity index (χ4v) is 2.55. The minimum atomic E-state index is -0.863. The highest BCUT2D eigenvalue weighted by Gasteiger charge is 2.30. The van der Waals surface area contributed by atoms with E-state index in [-0.39, 0.29) is 6.10 Å². The van der Waals surface area contributed by atoms with E-state index >= 15 is 0 Å². The second kappa shape index (κ2) is 5.92. The molecule has 1 fully saturated rings. The summed E-state index contributed by atoms with van der Waals surface area (Å²) in [4.78, 5) is 10.8. The van der Waals surface area contributed by atoms with Crippen molar-refractivity contribution in [2.75, 3.05) is 11.9 Å². The first kappa shape index (κ1) is 14.3. The summed E-state index contributed by atoms with van der Waals surface area (Å²) in [7, 11) is 0. The van der Waals surface area contributed by atoms with Gasteiger partial charge < -0.3 is 15.2 Å². The molecular formula is C14H18BrNO3. The molecule has 19 heavy (non-hydrogen) atoms. The minimum Gasteiger partial charge on any atom is -0.479 e. The second-order valence-electron chi connectivity index (χ2n) is 4.97. The number of aryl methyl sites for hydroxylation is 2. The lowest BCUT2D eigenvalue weighted by Crippen LogP contribution is -2.24. The first-order chi connectivity index (χ1) is 8.97. The summed E-state index contributed by atoms with van der Waals surface area (Å²) in [5.74, 6) is -0.863. The van der Waals surface area contributed by atoms with Gasteiger partial charge in [-0.3, -0.25) is 0 Å². The monoisotopic (exact) mass is 327 g/mol. The molecule has 0 bridgehead atoms. The van der Waals surface area contributed by atoms with Crippen LogP contribution in [0.15, 0.2) is 16.6 Å². The Morgan fingerprint density at radius 1 is 1.42 bits per heavy atom. The molecule has 0 radical (unpaired) electrons. The SMILES string of the molecule is Cc1cc(NCC2CCC(C(=O)O)O2)cc(C)c1Br. The second-order valence-corrected chi connectivity index (χ2v) is 5.76. The number of carboxylic acid groups (broad SMARTS) is 1. The molecule has 2 rings (SSSR count). The summed E-state index contributed by atoms with van der Waals surface area (Å²) in [6, 6.07) is 4.14. The molecule has 1 heterocycles. The van der Waals surface area contributed by atoms with Crippen molar-refractivity contribution in [3.8, 4) is 0 Å². The largest absolute Gasteiger partial charge is 0.479 e. The number of hydrogen-bond acceptors (Lipinski definition) is 3. The number of anilines is 1. The van der Waals surface area contributed by atoms with Crippen molar-refractivity contribution in [1.29, 1.82) is 0 Å². The molecule has 1 aliphatic heterocycles. The van der Waals surface area contributed by atoms with Crippen LogP contribution in [0.3, 0.4) is 0 Å². The van der Waals surface area contributed by atoms with Crippen molar-refractivity contribution in [1.82, 2.24) is 0 Å². The Balaban J connectivity index is 1.91. The fraction of sp³-hybridized carbons (Fsp3) is 0.500. The van der Waals surface area contributed by atoms with E-state index in [0.29, 0.717) is 13.0 Å². The summed E-state index contributed by atoms with van der Waals surface area (Å²) >= 11 is 3.54. The van der Waals surface area contributed by atoms with Crippen LogP contribution in [-0.4, -0.2) is 29.8 Å². The van der Waals surface area contributed by atoms with Gasteiger partial charge in [0, 0.05) is 16.7 Å². The van der Waals surface area contributed by atoms with Gasteiger partial charge in [0.15, 0.2) is 6.10 Å². The number of benzene rings is 1. The van der Waals surface area contributed by atoms with Gasteiger partial charge >= 0.3 is 5.97 Å². The van der Waals surface area contributed by atoms with Crippen LogP contribution in [-0.2, 0) is 9.53 Å². The molecule has 1 saturated heterocycles. The molecular weight excluding hydrogens is 310 g/mol. The molecule has 0 aliphatic carbocycles. The van der Waals surface area contributed by atoms with E-state index in [1.54, 1.807) is 0 Å². The number of halogens is 1. The van der Waals surface area contributed by atoms with Gasteiger partial charge in [-0.25, -0.2) is 4.79 Å². The number of carboxylic acids is 1. The average molecular weight is 328 g/mol. The van der Waals surface area contributed by atoms with Gasteiger partial charge in [0.25, 0.3) is 0 Å². The molecule has 0 spiro atoms. The van der Waals surface area contributed by atoms with E-state index in [9.17, 15) is 4.79 Å². The van der Waals surface area contributed by atoms with Gasteiger partial charge in [-0.1, -0.05) is 15.9 Å². The highest BCUT2D eigenvalue weighted by molar-refractivity contribution is 9.10. The van der Waals surface area contributed by atoms with Gasteiger partial charge in [-0.05, 0) is 49.9 Å². The zero-order valence-electron chi connectivity index (χ0n) is 11.1. The number of hydrogen-bond donors (Lipinski definition) is 2. The van der Waals surface area contributed by atoms with Crippen molar-refractivity contribution in [2.24, 2.45) is 0 Å². The molecule has 1 aliphatic rings. The number of nitrogens with one attached hydrogen (secondary N) is 1. The van der Waals surface area contributed by atoms with Crippen LogP contribution in [0.4, 0.5) is 5.69 Å². The lowest BCUT2D eigenvalue weighted by molar-refractivity contribution is -0.149. The number of carbonyl (C=O) groups is 1. The van der Waals surface area contributed by atoms with Crippen LogP contribution in [0.5, 0.6) is 0 Å². The van der Waals surface area contributed by atoms with Gasteiger partial charge in [0.2, 0.25) is 0 Å². The number of rotatable bonds is 4. The average Bonchev–Trinajstić information content (AvgIpc) is 2.82. The lowest BCUT2D eigenvalue weighted by atomic mass is 10.1. The van der Waals surface area contributed by atoms with Gasteiger partial charge in [-0.15, -0.1) is 0 Å². The molecule has 0 saturated carbocycles. The standard InChI is InChI=1S/C14H18BrNO3/c1-8-5-10(6-9(2)13(8)15)16-7-11-3-4-12(19-11)14(17)18/h5-6,11-12,16H,3-4,7H2,1-2H3,(H,17,18). The maximum absolute atomic E-state index is 10.8. The molecule has 104 valence electrons. The number of ether oxygens (including phenoxy) is 1. The van der Waals surface area contributed by atoms with Gasteiger partial charge in [0.1, 0.15) is 0 Å². The van der Waals surface area contributed by atoms with Crippen molar-refractivity contribution in [3.63, 3.8) is 0 Å². The summed E-state index contributed by atoms with van der Waals surface area (Å²) in [5.41, 5.74) is 3.40. The van der Waals surface area contributed by atoms with Crippen molar-refractivity contribution in [3.05, 3.63) is 27.7 Å². The summed E-state index contributed by atoms with van der Waals surface area (Å²) in [5, 5.41) is 12.2. The van der Waals surface area contributed by atoms with Gasteiger partial charge in [0.05, 0.1) is 6.10 Å². The van der Waals surface area contributed by atoms with Crippen LogP contribution in [0.2, 0.25) is 0 Å². The normalized spacial score (nSPS) is 22.5. The maximum Gasteiger partial charge on any atom is 0.332 e. The Morgan fingerprint density at radius 3 is 2.58 bits per heavy atom.